The SMILES string of the molecule is N#C/C(=C\c1ccccc1Oc1ccc([N+](=O)[O-])cc1[N+](=O)[O-])C(=O)N1CCCC1. The second kappa shape index (κ2) is 8.83. The van der Waals surface area contributed by atoms with Crippen LogP contribution in [0.4, 0.5) is 11.4 Å². The molecule has 2 aromatic carbocycles. The van der Waals surface area contributed by atoms with Gasteiger partial charge in [0.2, 0.25) is 5.75 Å². The van der Waals surface area contributed by atoms with Crippen molar-refractivity contribution in [2.24, 2.45) is 0 Å². The van der Waals surface area contributed by atoms with E-state index in [1.165, 1.54) is 12.1 Å². The first-order valence-electron chi connectivity index (χ1n) is 9.01. The highest BCUT2D eigenvalue weighted by molar-refractivity contribution is 6.02. The number of carbonyl (C=O) groups is 1. The lowest BCUT2D eigenvalue weighted by Gasteiger charge is -2.14. The summed E-state index contributed by atoms with van der Waals surface area (Å²) in [6.07, 6.45) is 3.13. The van der Waals surface area contributed by atoms with Crippen LogP contribution in [0.2, 0.25) is 0 Å². The number of likely N-dealkylation sites (tertiary alicyclic amines) is 1. The van der Waals surface area contributed by atoms with Gasteiger partial charge in [-0.3, -0.25) is 25.0 Å². The molecule has 0 radical (unpaired) electrons. The number of nitro benzene ring substituents is 2. The molecule has 0 aromatic heterocycles. The standard InChI is InChI=1S/C20H16N4O6/c21-13-15(20(25)22-9-3-4-10-22)11-14-5-1-2-6-18(14)30-19-8-7-16(23(26)27)12-17(19)24(28)29/h1-2,5-8,11-12H,3-4,9-10H2/b15-11+. The molecule has 0 aliphatic carbocycles. The molecule has 0 N–H and O–H groups in total. The Hall–Kier alpha value is -4.26. The normalized spacial score (nSPS) is 13.6. The number of benzene rings is 2. The molecular formula is C20H16N4O6. The van der Waals surface area contributed by atoms with Gasteiger partial charge in [-0.05, 0) is 31.1 Å². The van der Waals surface area contributed by atoms with Crippen molar-refractivity contribution < 1.29 is 19.4 Å². The van der Waals surface area contributed by atoms with Gasteiger partial charge in [0.05, 0.1) is 15.9 Å². The number of non-ortho nitro benzene ring substituents is 1. The number of ether oxygens (including phenoxy) is 1. The third-order valence-corrected chi connectivity index (χ3v) is 4.53. The van der Waals surface area contributed by atoms with Crippen LogP contribution < -0.4 is 4.74 Å². The van der Waals surface area contributed by atoms with E-state index in [1.807, 2.05) is 6.07 Å². The molecule has 2 aromatic rings. The molecule has 1 aliphatic rings. The molecule has 152 valence electrons. The van der Waals surface area contributed by atoms with Gasteiger partial charge in [0, 0.05) is 24.7 Å². The average molecular weight is 408 g/mol. The number of para-hydroxylation sites is 1. The van der Waals surface area contributed by atoms with E-state index in [9.17, 15) is 30.3 Å². The van der Waals surface area contributed by atoms with Crippen molar-refractivity contribution in [3.63, 3.8) is 0 Å². The molecule has 10 nitrogen and oxygen atoms in total. The summed E-state index contributed by atoms with van der Waals surface area (Å²) in [4.78, 5) is 34.8. The van der Waals surface area contributed by atoms with Gasteiger partial charge in [0.15, 0.2) is 0 Å². The van der Waals surface area contributed by atoms with E-state index in [0.29, 0.717) is 18.7 Å². The average Bonchev–Trinajstić information content (AvgIpc) is 3.27. The molecule has 0 bridgehead atoms. The second-order valence-corrected chi connectivity index (χ2v) is 6.48. The number of nitriles is 1. The molecular weight excluding hydrogens is 392 g/mol. The third kappa shape index (κ3) is 4.41. The summed E-state index contributed by atoms with van der Waals surface area (Å²) in [6.45, 7) is 1.18. The molecule has 3 rings (SSSR count). The maximum Gasteiger partial charge on any atom is 0.318 e. The van der Waals surface area contributed by atoms with Crippen LogP contribution in [0.5, 0.6) is 11.5 Å². The van der Waals surface area contributed by atoms with E-state index in [4.69, 9.17) is 4.74 Å². The van der Waals surface area contributed by atoms with Gasteiger partial charge in [0.25, 0.3) is 11.6 Å². The quantitative estimate of drug-likeness (QED) is 0.306. The van der Waals surface area contributed by atoms with Crippen LogP contribution in [0.3, 0.4) is 0 Å². The molecule has 1 fully saturated rings. The maximum absolute atomic E-state index is 12.5. The van der Waals surface area contributed by atoms with E-state index in [-0.39, 0.29) is 23.0 Å². The Balaban J connectivity index is 1.96. The van der Waals surface area contributed by atoms with Crippen molar-refractivity contribution in [1.29, 1.82) is 5.26 Å². The number of hydrogen-bond acceptors (Lipinski definition) is 7. The minimum absolute atomic E-state index is 0.0776. The monoisotopic (exact) mass is 408 g/mol. The summed E-state index contributed by atoms with van der Waals surface area (Å²) in [5, 5.41) is 31.7. The Bertz CT molecular complexity index is 1080. The van der Waals surface area contributed by atoms with Gasteiger partial charge in [-0.2, -0.15) is 5.26 Å². The third-order valence-electron chi connectivity index (χ3n) is 4.53. The van der Waals surface area contributed by atoms with Gasteiger partial charge in [-0.15, -0.1) is 0 Å². The van der Waals surface area contributed by atoms with Crippen LogP contribution in [-0.2, 0) is 4.79 Å². The van der Waals surface area contributed by atoms with Crippen molar-refractivity contribution in [3.05, 3.63) is 73.8 Å². The van der Waals surface area contributed by atoms with Crippen LogP contribution in [0, 0.1) is 31.6 Å². The highest BCUT2D eigenvalue weighted by atomic mass is 16.6. The summed E-state index contributed by atoms with van der Waals surface area (Å²) >= 11 is 0. The van der Waals surface area contributed by atoms with Gasteiger partial charge in [0.1, 0.15) is 17.4 Å². The summed E-state index contributed by atoms with van der Waals surface area (Å²) in [7, 11) is 0. The number of hydrogen-bond donors (Lipinski definition) is 0. The minimum atomic E-state index is -0.779. The highest BCUT2D eigenvalue weighted by Crippen LogP contribution is 2.36. The minimum Gasteiger partial charge on any atom is -0.449 e. The lowest BCUT2D eigenvalue weighted by Crippen LogP contribution is -2.28. The molecule has 0 unspecified atom stereocenters. The Morgan fingerprint density at radius 3 is 2.40 bits per heavy atom. The summed E-state index contributed by atoms with van der Waals surface area (Å²) in [6, 6.07) is 11.3. The predicted octanol–water partition coefficient (Wildman–Crippen LogP) is 3.82. The zero-order valence-corrected chi connectivity index (χ0v) is 15.7. The number of carbonyl (C=O) groups excluding carboxylic acids is 1. The second-order valence-electron chi connectivity index (χ2n) is 6.48. The van der Waals surface area contributed by atoms with Crippen molar-refractivity contribution in [2.75, 3.05) is 13.1 Å². The van der Waals surface area contributed by atoms with Crippen LogP contribution >= 0.6 is 0 Å². The molecule has 1 amide bonds. The van der Waals surface area contributed by atoms with Crippen LogP contribution in [0.25, 0.3) is 6.08 Å². The van der Waals surface area contributed by atoms with Gasteiger partial charge in [-0.1, -0.05) is 18.2 Å². The van der Waals surface area contributed by atoms with E-state index in [0.717, 1.165) is 31.0 Å². The fourth-order valence-electron chi connectivity index (χ4n) is 3.05. The van der Waals surface area contributed by atoms with Crippen LogP contribution in [0.1, 0.15) is 18.4 Å². The van der Waals surface area contributed by atoms with Crippen molar-refractivity contribution in [3.8, 4) is 17.6 Å². The molecule has 10 heteroatoms. The van der Waals surface area contributed by atoms with Crippen molar-refractivity contribution in [2.45, 2.75) is 12.8 Å². The largest absolute Gasteiger partial charge is 0.449 e. The zero-order chi connectivity index (χ0) is 21.7. The lowest BCUT2D eigenvalue weighted by molar-refractivity contribution is -0.394. The zero-order valence-electron chi connectivity index (χ0n) is 15.7. The first-order valence-corrected chi connectivity index (χ1v) is 9.01. The van der Waals surface area contributed by atoms with Crippen LogP contribution in [-0.4, -0.2) is 33.7 Å². The lowest BCUT2D eigenvalue weighted by atomic mass is 10.1. The van der Waals surface area contributed by atoms with E-state index in [1.54, 1.807) is 23.1 Å². The molecule has 0 saturated carbocycles. The van der Waals surface area contributed by atoms with E-state index >= 15 is 0 Å². The molecule has 0 atom stereocenters. The first kappa shape index (κ1) is 20.5. The Kier molecular flexibility index (Phi) is 6.03. The Morgan fingerprint density at radius 2 is 1.77 bits per heavy atom. The fraction of sp³-hybridized carbons (Fsp3) is 0.200. The van der Waals surface area contributed by atoms with Gasteiger partial charge in [-0.25, -0.2) is 0 Å². The smallest absolute Gasteiger partial charge is 0.318 e. The maximum atomic E-state index is 12.5. The molecule has 30 heavy (non-hydrogen) atoms. The van der Waals surface area contributed by atoms with Gasteiger partial charge < -0.3 is 9.64 Å². The molecule has 1 saturated heterocycles. The fourth-order valence-corrected chi connectivity index (χ4v) is 3.05. The molecule has 1 aliphatic heterocycles. The van der Waals surface area contributed by atoms with Gasteiger partial charge >= 0.3 is 5.69 Å². The number of rotatable bonds is 6. The molecule has 1 heterocycles. The number of nitrogens with zero attached hydrogens (tertiary/aromatic N) is 4. The van der Waals surface area contributed by atoms with E-state index < -0.39 is 21.2 Å². The van der Waals surface area contributed by atoms with E-state index in [2.05, 4.69) is 0 Å². The number of nitro groups is 2. The number of amides is 1. The molecule has 0 spiro atoms. The van der Waals surface area contributed by atoms with Crippen LogP contribution in [0.15, 0.2) is 48.0 Å². The first-order chi connectivity index (χ1) is 14.4. The highest BCUT2D eigenvalue weighted by Gasteiger charge is 2.23. The van der Waals surface area contributed by atoms with Crippen molar-refractivity contribution >= 4 is 23.4 Å². The Morgan fingerprint density at radius 1 is 1.07 bits per heavy atom. The predicted molar refractivity (Wildman–Crippen MR) is 106 cm³/mol. The summed E-state index contributed by atoms with van der Waals surface area (Å²) in [5.74, 6) is -0.418. The topological polar surface area (TPSA) is 140 Å². The summed E-state index contributed by atoms with van der Waals surface area (Å²) in [5.41, 5.74) is -0.720. The summed E-state index contributed by atoms with van der Waals surface area (Å²) < 4.78 is 5.64. The van der Waals surface area contributed by atoms with Crippen molar-refractivity contribution in [1.82, 2.24) is 4.90 Å². The Labute approximate surface area is 170 Å².